The molecule has 2 unspecified atom stereocenters. The molecular weight excluding hydrogens is 288 g/mol. The Kier molecular flexibility index (Phi) is 4.27. The van der Waals surface area contributed by atoms with Crippen LogP contribution < -0.4 is 0 Å². The molecule has 20 heavy (non-hydrogen) atoms. The summed E-state index contributed by atoms with van der Waals surface area (Å²) < 4.78 is 2.48. The van der Waals surface area contributed by atoms with Gasteiger partial charge in [-0.1, -0.05) is 12.5 Å². The zero-order valence-corrected chi connectivity index (χ0v) is 13.7. The van der Waals surface area contributed by atoms with E-state index in [1.807, 2.05) is 11.8 Å². The highest BCUT2D eigenvalue weighted by molar-refractivity contribution is 7.99. The lowest BCUT2D eigenvalue weighted by molar-refractivity contribution is 0.522. The topological polar surface area (TPSA) is 17.8 Å². The van der Waals surface area contributed by atoms with E-state index in [2.05, 4.69) is 35.9 Å². The van der Waals surface area contributed by atoms with Crippen LogP contribution in [0.4, 0.5) is 0 Å². The number of thioether (sulfide) groups is 1. The summed E-state index contributed by atoms with van der Waals surface area (Å²) in [6, 6.07) is 7.14. The van der Waals surface area contributed by atoms with E-state index in [4.69, 9.17) is 16.6 Å². The molecule has 1 fully saturated rings. The molecule has 2 atom stereocenters. The van der Waals surface area contributed by atoms with Crippen LogP contribution >= 0.6 is 23.4 Å². The second kappa shape index (κ2) is 5.98. The van der Waals surface area contributed by atoms with Gasteiger partial charge >= 0.3 is 0 Å². The van der Waals surface area contributed by atoms with Crippen molar-refractivity contribution in [2.45, 2.75) is 43.9 Å². The van der Waals surface area contributed by atoms with E-state index in [1.54, 1.807) is 0 Å². The molecule has 3 rings (SSSR count). The smallest absolute Gasteiger partial charge is 0.111 e. The van der Waals surface area contributed by atoms with Crippen LogP contribution in [0.15, 0.2) is 18.2 Å². The summed E-state index contributed by atoms with van der Waals surface area (Å²) in [7, 11) is 0. The van der Waals surface area contributed by atoms with Crippen molar-refractivity contribution in [1.29, 1.82) is 0 Å². The number of alkyl halides is 1. The minimum atomic E-state index is 0.579. The highest BCUT2D eigenvalue weighted by atomic mass is 35.5. The zero-order valence-electron chi connectivity index (χ0n) is 12.1. The molecule has 0 aliphatic heterocycles. The summed E-state index contributed by atoms with van der Waals surface area (Å²) in [5, 5.41) is 0.710. The average Bonchev–Trinajstić information content (AvgIpc) is 3.02. The van der Waals surface area contributed by atoms with Gasteiger partial charge in [-0.05, 0) is 43.7 Å². The van der Waals surface area contributed by atoms with E-state index in [1.165, 1.54) is 30.3 Å². The van der Waals surface area contributed by atoms with E-state index in [0.29, 0.717) is 17.2 Å². The summed E-state index contributed by atoms with van der Waals surface area (Å²) in [5.41, 5.74) is 3.70. The predicted molar refractivity (Wildman–Crippen MR) is 89.1 cm³/mol. The van der Waals surface area contributed by atoms with Gasteiger partial charge in [-0.2, -0.15) is 11.8 Å². The van der Waals surface area contributed by atoms with Crippen LogP contribution in [0.2, 0.25) is 0 Å². The third-order valence-corrected chi connectivity index (χ3v) is 5.63. The van der Waals surface area contributed by atoms with Gasteiger partial charge < -0.3 is 4.57 Å². The first kappa shape index (κ1) is 14.3. The number of hydrogen-bond acceptors (Lipinski definition) is 2. The van der Waals surface area contributed by atoms with Gasteiger partial charge in [-0.25, -0.2) is 4.98 Å². The van der Waals surface area contributed by atoms with Crippen LogP contribution in [0, 0.1) is 6.92 Å². The van der Waals surface area contributed by atoms with Gasteiger partial charge in [0.25, 0.3) is 0 Å². The summed E-state index contributed by atoms with van der Waals surface area (Å²) in [5.74, 6) is 1.80. The molecule has 0 saturated heterocycles. The lowest BCUT2D eigenvalue weighted by atomic mass is 10.2. The lowest BCUT2D eigenvalue weighted by Gasteiger charge is -2.22. The number of rotatable bonds is 4. The minimum absolute atomic E-state index is 0.579. The van der Waals surface area contributed by atoms with Gasteiger partial charge in [0.2, 0.25) is 0 Å². The van der Waals surface area contributed by atoms with Crippen LogP contribution in [0.3, 0.4) is 0 Å². The molecule has 4 heteroatoms. The normalized spacial score (nSPS) is 22.8. The molecule has 1 aromatic carbocycles. The molecule has 2 aromatic rings. The number of benzene rings is 1. The first-order valence-corrected chi connectivity index (χ1v) is 9.13. The number of nitrogens with zero attached hydrogens (tertiary/aromatic N) is 2. The van der Waals surface area contributed by atoms with Crippen molar-refractivity contribution in [1.82, 2.24) is 9.55 Å². The third kappa shape index (κ3) is 2.46. The second-order valence-electron chi connectivity index (χ2n) is 5.60. The van der Waals surface area contributed by atoms with Gasteiger partial charge in [0, 0.05) is 23.6 Å². The van der Waals surface area contributed by atoms with Crippen molar-refractivity contribution in [3.05, 3.63) is 29.6 Å². The van der Waals surface area contributed by atoms with Crippen molar-refractivity contribution < 1.29 is 0 Å². The molecule has 1 heterocycles. The molecule has 1 aliphatic rings. The lowest BCUT2D eigenvalue weighted by Crippen LogP contribution is -2.18. The summed E-state index contributed by atoms with van der Waals surface area (Å²) in [6.45, 7) is 2.15. The minimum Gasteiger partial charge on any atom is -0.324 e. The van der Waals surface area contributed by atoms with E-state index >= 15 is 0 Å². The van der Waals surface area contributed by atoms with Crippen molar-refractivity contribution in [3.8, 4) is 0 Å². The number of hydrogen-bond donors (Lipinski definition) is 0. The van der Waals surface area contributed by atoms with Crippen LogP contribution in [0.5, 0.6) is 0 Å². The van der Waals surface area contributed by atoms with Gasteiger partial charge in [-0.15, -0.1) is 11.6 Å². The third-order valence-electron chi connectivity index (χ3n) is 4.29. The van der Waals surface area contributed by atoms with E-state index < -0.39 is 0 Å². The van der Waals surface area contributed by atoms with Crippen LogP contribution in [-0.4, -0.2) is 26.9 Å². The maximum Gasteiger partial charge on any atom is 0.111 e. The molecule has 0 spiro atoms. The number of halogens is 1. The molecule has 0 bridgehead atoms. The van der Waals surface area contributed by atoms with Gasteiger partial charge in [0.05, 0.1) is 11.0 Å². The predicted octanol–water partition coefficient (Wildman–Crippen LogP) is 4.58. The summed E-state index contributed by atoms with van der Waals surface area (Å²) in [4.78, 5) is 4.83. The largest absolute Gasteiger partial charge is 0.324 e. The molecule has 0 amide bonds. The van der Waals surface area contributed by atoms with E-state index in [0.717, 1.165) is 17.8 Å². The first-order chi connectivity index (χ1) is 9.74. The highest BCUT2D eigenvalue weighted by Crippen LogP contribution is 2.40. The fraction of sp³-hybridized carbons (Fsp3) is 0.562. The Morgan fingerprint density at radius 1 is 1.40 bits per heavy atom. The van der Waals surface area contributed by atoms with Crippen molar-refractivity contribution >= 4 is 34.4 Å². The van der Waals surface area contributed by atoms with Crippen LogP contribution in [0.25, 0.3) is 11.0 Å². The average molecular weight is 309 g/mol. The first-order valence-electron chi connectivity index (χ1n) is 7.31. The Balaban J connectivity index is 2.14. The van der Waals surface area contributed by atoms with Crippen LogP contribution in [-0.2, 0) is 6.42 Å². The van der Waals surface area contributed by atoms with Crippen molar-refractivity contribution in [3.63, 3.8) is 0 Å². The Morgan fingerprint density at radius 2 is 2.25 bits per heavy atom. The Hall–Kier alpha value is -0.670. The fourth-order valence-electron chi connectivity index (χ4n) is 3.36. The van der Waals surface area contributed by atoms with Crippen LogP contribution in [0.1, 0.15) is 36.7 Å². The maximum absolute atomic E-state index is 5.99. The molecule has 1 saturated carbocycles. The molecule has 1 aliphatic carbocycles. The Morgan fingerprint density at radius 3 is 3.00 bits per heavy atom. The molecule has 2 nitrogen and oxygen atoms in total. The monoisotopic (exact) mass is 308 g/mol. The standard InChI is InChI=1S/C16H21ClN2S/c1-11-6-7-12-14(10-11)19(16(18-12)8-9-17)13-4-3-5-15(13)20-2/h6-7,10,13,15H,3-5,8-9H2,1-2H3. The maximum atomic E-state index is 5.99. The summed E-state index contributed by atoms with van der Waals surface area (Å²) >= 11 is 7.98. The van der Waals surface area contributed by atoms with Gasteiger partial charge in [-0.3, -0.25) is 0 Å². The Bertz CT molecular complexity index is 608. The quantitative estimate of drug-likeness (QED) is 0.769. The number of aryl methyl sites for hydroxylation is 2. The number of aromatic nitrogens is 2. The number of fused-ring (bicyclic) bond motifs is 1. The van der Waals surface area contributed by atoms with E-state index in [9.17, 15) is 0 Å². The fourth-order valence-corrected chi connectivity index (χ4v) is 4.50. The number of imidazole rings is 1. The Labute approximate surface area is 129 Å². The molecule has 0 radical (unpaired) electrons. The summed E-state index contributed by atoms with van der Waals surface area (Å²) in [6.07, 6.45) is 6.99. The van der Waals surface area contributed by atoms with E-state index in [-0.39, 0.29) is 0 Å². The highest BCUT2D eigenvalue weighted by Gasteiger charge is 2.30. The second-order valence-corrected chi connectivity index (χ2v) is 7.06. The molecule has 1 aromatic heterocycles. The SMILES string of the molecule is CSC1CCCC1n1c(CCCl)nc2ccc(C)cc21. The van der Waals surface area contributed by atoms with Crippen molar-refractivity contribution in [2.75, 3.05) is 12.1 Å². The molecular formula is C16H21ClN2S. The molecule has 108 valence electrons. The van der Waals surface area contributed by atoms with Gasteiger partial charge in [0.1, 0.15) is 5.82 Å². The van der Waals surface area contributed by atoms with Crippen molar-refractivity contribution in [2.24, 2.45) is 0 Å². The zero-order chi connectivity index (χ0) is 14.1. The van der Waals surface area contributed by atoms with Gasteiger partial charge in [0.15, 0.2) is 0 Å². The molecule has 0 N–H and O–H groups in total.